The van der Waals surface area contributed by atoms with Crippen LogP contribution >= 0.6 is 24.0 Å². The number of nitrogens with zero attached hydrogens (tertiary/aromatic N) is 1. The van der Waals surface area contributed by atoms with E-state index >= 15 is 0 Å². The fraction of sp³-hybridized carbons (Fsp3) is 0.636. The summed E-state index contributed by atoms with van der Waals surface area (Å²) in [5, 5.41) is 9.58. The van der Waals surface area contributed by atoms with Crippen molar-refractivity contribution in [2.24, 2.45) is 10.4 Å². The molecular formula is C22H37IN4O3. The second kappa shape index (κ2) is 11.7. The van der Waals surface area contributed by atoms with E-state index in [1.165, 1.54) is 0 Å². The number of ether oxygens (including phenoxy) is 2. The molecular weight excluding hydrogens is 495 g/mol. The van der Waals surface area contributed by atoms with Crippen LogP contribution in [0.3, 0.4) is 0 Å². The Hall–Kier alpha value is -1.55. The van der Waals surface area contributed by atoms with Crippen molar-refractivity contribution >= 4 is 35.8 Å². The van der Waals surface area contributed by atoms with Crippen molar-refractivity contribution in [1.82, 2.24) is 16.0 Å². The number of methoxy groups -OCH3 is 1. The molecule has 2 unspecified atom stereocenters. The molecule has 3 N–H and O–H groups in total. The Labute approximate surface area is 197 Å². The van der Waals surface area contributed by atoms with Crippen LogP contribution in [0.1, 0.15) is 46.6 Å². The number of carbonyl (C=O) groups excluding carboxylic acids is 1. The van der Waals surface area contributed by atoms with Crippen LogP contribution < -0.4 is 20.7 Å². The van der Waals surface area contributed by atoms with Crippen molar-refractivity contribution in [3.8, 4) is 5.75 Å². The lowest BCUT2D eigenvalue weighted by Crippen LogP contribution is -2.69. The summed E-state index contributed by atoms with van der Waals surface area (Å²) in [7, 11) is 1.78. The summed E-state index contributed by atoms with van der Waals surface area (Å²) in [6.07, 6.45) is 0.935. The number of rotatable bonds is 9. The molecule has 2 rings (SSSR count). The van der Waals surface area contributed by atoms with Crippen LogP contribution in [0.15, 0.2) is 29.3 Å². The molecule has 7 nitrogen and oxygen atoms in total. The smallest absolute Gasteiger partial charge is 0.257 e. The lowest BCUT2D eigenvalue weighted by atomic mass is 9.56. The van der Waals surface area contributed by atoms with Gasteiger partial charge in [-0.05, 0) is 44.9 Å². The van der Waals surface area contributed by atoms with Crippen molar-refractivity contribution in [1.29, 1.82) is 0 Å². The van der Waals surface area contributed by atoms with Gasteiger partial charge < -0.3 is 25.4 Å². The highest BCUT2D eigenvalue weighted by atomic mass is 127. The number of likely N-dealkylation sites (N-methyl/N-ethyl adjacent to an activating group) is 1. The van der Waals surface area contributed by atoms with E-state index in [-0.39, 0.29) is 53.5 Å². The molecule has 8 heteroatoms. The summed E-state index contributed by atoms with van der Waals surface area (Å²) in [6, 6.07) is 7.97. The summed E-state index contributed by atoms with van der Waals surface area (Å²) in [5.41, 5.74) is 0.896. The lowest BCUT2D eigenvalue weighted by molar-refractivity contribution is -0.176. The van der Waals surface area contributed by atoms with E-state index in [9.17, 15) is 4.79 Å². The van der Waals surface area contributed by atoms with Gasteiger partial charge in [-0.25, -0.2) is 4.99 Å². The maximum Gasteiger partial charge on any atom is 0.257 e. The van der Waals surface area contributed by atoms with Gasteiger partial charge in [-0.15, -0.1) is 24.0 Å². The normalized spacial score (nSPS) is 22.3. The fourth-order valence-electron chi connectivity index (χ4n) is 3.51. The molecule has 170 valence electrons. The number of aliphatic imine (C=N–C) groups is 1. The second-order valence-electron chi connectivity index (χ2n) is 8.14. The third-order valence-electron chi connectivity index (χ3n) is 6.00. The van der Waals surface area contributed by atoms with Crippen LogP contribution in [0.2, 0.25) is 0 Å². The van der Waals surface area contributed by atoms with E-state index in [0.29, 0.717) is 18.8 Å². The highest BCUT2D eigenvalue weighted by Gasteiger charge is 2.58. The lowest BCUT2D eigenvalue weighted by Gasteiger charge is -2.59. The Bertz CT molecular complexity index is 726. The summed E-state index contributed by atoms with van der Waals surface area (Å²) in [4.78, 5) is 16.3. The molecule has 2 atom stereocenters. The molecule has 1 amide bonds. The number of carbonyl (C=O) groups is 1. The molecule has 1 aromatic rings. The van der Waals surface area contributed by atoms with Crippen molar-refractivity contribution in [2.75, 3.05) is 26.8 Å². The minimum Gasteiger partial charge on any atom is -0.484 e. The van der Waals surface area contributed by atoms with E-state index in [1.54, 1.807) is 7.11 Å². The molecule has 1 aromatic carbocycles. The quantitative estimate of drug-likeness (QED) is 0.259. The predicted molar refractivity (Wildman–Crippen MR) is 132 cm³/mol. The van der Waals surface area contributed by atoms with E-state index in [0.717, 1.165) is 24.5 Å². The zero-order chi connectivity index (χ0) is 21.5. The van der Waals surface area contributed by atoms with Crippen LogP contribution in [0, 0.1) is 5.41 Å². The summed E-state index contributed by atoms with van der Waals surface area (Å²) < 4.78 is 11.3. The largest absolute Gasteiger partial charge is 0.484 e. The first-order chi connectivity index (χ1) is 13.8. The molecule has 0 heterocycles. The Morgan fingerprint density at radius 1 is 1.20 bits per heavy atom. The summed E-state index contributed by atoms with van der Waals surface area (Å²) in [5.74, 6) is 1.33. The molecule has 1 aliphatic rings. The Balaban J connectivity index is 0.00000450. The van der Waals surface area contributed by atoms with Crippen LogP contribution in [-0.2, 0) is 16.1 Å². The third-order valence-corrected chi connectivity index (χ3v) is 6.00. The topological polar surface area (TPSA) is 84.0 Å². The van der Waals surface area contributed by atoms with Crippen LogP contribution in [0.5, 0.6) is 5.75 Å². The minimum atomic E-state index is -0.127. The highest BCUT2D eigenvalue weighted by molar-refractivity contribution is 14.0. The van der Waals surface area contributed by atoms with Gasteiger partial charge >= 0.3 is 0 Å². The first-order valence-electron chi connectivity index (χ1n) is 10.3. The zero-order valence-electron chi connectivity index (χ0n) is 19.0. The number of benzene rings is 1. The number of guanidine groups is 1. The van der Waals surface area contributed by atoms with E-state index in [1.807, 2.05) is 31.2 Å². The fourth-order valence-corrected chi connectivity index (χ4v) is 3.51. The molecule has 0 bridgehead atoms. The summed E-state index contributed by atoms with van der Waals surface area (Å²) >= 11 is 0. The predicted octanol–water partition coefficient (Wildman–Crippen LogP) is 3.08. The van der Waals surface area contributed by atoms with Crippen molar-refractivity contribution in [3.63, 3.8) is 0 Å². The Morgan fingerprint density at radius 2 is 1.90 bits per heavy atom. The van der Waals surface area contributed by atoms with Gasteiger partial charge in [0, 0.05) is 31.7 Å². The average molecular weight is 532 g/mol. The van der Waals surface area contributed by atoms with Crippen LogP contribution in [0.4, 0.5) is 0 Å². The van der Waals surface area contributed by atoms with Crippen LogP contribution in [0.25, 0.3) is 0 Å². The molecule has 0 radical (unpaired) electrons. The second-order valence-corrected chi connectivity index (χ2v) is 8.14. The SMILES string of the molecule is CCNC(=O)COc1cccc(CN=C(NCC)NC2CC(C)(OC)C2(C)C)c1.I. The molecule has 1 saturated carbocycles. The van der Waals surface area contributed by atoms with E-state index in [2.05, 4.69) is 43.6 Å². The molecule has 0 aromatic heterocycles. The Morgan fingerprint density at radius 3 is 2.50 bits per heavy atom. The van der Waals surface area contributed by atoms with Gasteiger partial charge in [0.1, 0.15) is 5.75 Å². The van der Waals surface area contributed by atoms with Gasteiger partial charge in [0.15, 0.2) is 12.6 Å². The summed E-state index contributed by atoms with van der Waals surface area (Å²) in [6.45, 7) is 12.4. The van der Waals surface area contributed by atoms with Gasteiger partial charge in [-0.2, -0.15) is 0 Å². The van der Waals surface area contributed by atoms with E-state index in [4.69, 9.17) is 14.5 Å². The maximum absolute atomic E-state index is 11.6. The standard InChI is InChI=1S/C22H36N4O3.HI/c1-7-23-19(27)15-29-17-11-9-10-16(12-17)14-25-20(24-8-2)26-18-13-22(5,28-6)21(18,3)4;/h9-12,18H,7-8,13-15H2,1-6H3,(H,23,27)(H2,24,25,26);1H. The zero-order valence-corrected chi connectivity index (χ0v) is 21.3. The highest BCUT2D eigenvalue weighted by Crippen LogP contribution is 2.51. The first kappa shape index (κ1) is 26.5. The van der Waals surface area contributed by atoms with Crippen molar-refractivity contribution in [2.45, 2.75) is 59.2 Å². The molecule has 1 fully saturated rings. The molecule has 0 spiro atoms. The number of hydrogen-bond donors (Lipinski definition) is 3. The van der Waals surface area contributed by atoms with Crippen LogP contribution in [-0.4, -0.2) is 50.3 Å². The minimum absolute atomic E-state index is 0. The average Bonchev–Trinajstić information content (AvgIpc) is 2.70. The van der Waals surface area contributed by atoms with E-state index < -0.39 is 0 Å². The van der Waals surface area contributed by atoms with Gasteiger partial charge in [0.05, 0.1) is 12.1 Å². The maximum atomic E-state index is 11.6. The number of halogens is 1. The molecule has 1 aliphatic carbocycles. The van der Waals surface area contributed by atoms with Crippen molar-refractivity contribution < 1.29 is 14.3 Å². The number of hydrogen-bond acceptors (Lipinski definition) is 4. The number of nitrogens with one attached hydrogen (secondary N) is 3. The van der Waals surface area contributed by atoms with Gasteiger partial charge in [0.2, 0.25) is 0 Å². The monoisotopic (exact) mass is 532 g/mol. The van der Waals surface area contributed by atoms with Gasteiger partial charge in [-0.3, -0.25) is 4.79 Å². The van der Waals surface area contributed by atoms with Gasteiger partial charge in [0.25, 0.3) is 5.91 Å². The third kappa shape index (κ3) is 6.47. The molecule has 0 aliphatic heterocycles. The number of amides is 1. The van der Waals surface area contributed by atoms with Gasteiger partial charge in [-0.1, -0.05) is 26.0 Å². The Kier molecular flexibility index (Phi) is 10.4. The molecule has 0 saturated heterocycles. The molecule has 30 heavy (non-hydrogen) atoms. The van der Waals surface area contributed by atoms with Crippen molar-refractivity contribution in [3.05, 3.63) is 29.8 Å². The first-order valence-corrected chi connectivity index (χ1v) is 10.3.